The number of amides is 1. The fourth-order valence-electron chi connectivity index (χ4n) is 3.99. The van der Waals surface area contributed by atoms with E-state index in [1.807, 2.05) is 0 Å². The molecule has 5 rings (SSSR count). The summed E-state index contributed by atoms with van der Waals surface area (Å²) in [6.07, 6.45) is 4.57. The molecule has 0 aliphatic heterocycles. The molecule has 154 valence electrons. The number of carbonyl (C=O) groups excluding carboxylic acids is 1. The molecular formula is C19H18Cl2F2N4O2. The highest BCUT2D eigenvalue weighted by atomic mass is 35.5. The SMILES string of the molecule is CC(F)(F)c1cnc(NC23CC(NC(=O)COc4ccc(Cl)c(Cl)c4)(C2)C3)cn1. The molecule has 1 heterocycles. The summed E-state index contributed by atoms with van der Waals surface area (Å²) in [5.74, 6) is -2.33. The molecule has 10 heteroatoms. The van der Waals surface area contributed by atoms with Gasteiger partial charge in [-0.1, -0.05) is 23.2 Å². The minimum Gasteiger partial charge on any atom is -0.484 e. The Balaban J connectivity index is 1.24. The first-order chi connectivity index (χ1) is 13.6. The summed E-state index contributed by atoms with van der Waals surface area (Å²) in [5, 5.41) is 7.01. The van der Waals surface area contributed by atoms with Crippen LogP contribution in [0.2, 0.25) is 10.0 Å². The molecule has 0 spiro atoms. The van der Waals surface area contributed by atoms with Gasteiger partial charge in [0.25, 0.3) is 11.8 Å². The van der Waals surface area contributed by atoms with Crippen LogP contribution in [0.5, 0.6) is 5.75 Å². The Hall–Kier alpha value is -2.19. The zero-order valence-electron chi connectivity index (χ0n) is 15.4. The van der Waals surface area contributed by atoms with Gasteiger partial charge in [0.2, 0.25) is 0 Å². The second-order valence-corrected chi connectivity index (χ2v) is 8.62. The summed E-state index contributed by atoms with van der Waals surface area (Å²) in [4.78, 5) is 20.0. The average Bonchev–Trinajstić information content (AvgIpc) is 2.59. The van der Waals surface area contributed by atoms with Gasteiger partial charge in [-0.05, 0) is 31.4 Å². The molecule has 29 heavy (non-hydrogen) atoms. The van der Waals surface area contributed by atoms with Crippen LogP contribution in [0.3, 0.4) is 0 Å². The molecule has 3 aliphatic carbocycles. The number of halogens is 4. The third kappa shape index (κ3) is 4.09. The summed E-state index contributed by atoms with van der Waals surface area (Å²) in [5.41, 5.74) is -0.802. The van der Waals surface area contributed by atoms with Crippen LogP contribution in [-0.4, -0.2) is 33.6 Å². The second-order valence-electron chi connectivity index (χ2n) is 7.80. The Bertz CT molecular complexity index is 930. The topological polar surface area (TPSA) is 76.1 Å². The Morgan fingerprint density at radius 1 is 1.17 bits per heavy atom. The van der Waals surface area contributed by atoms with E-state index in [0.29, 0.717) is 21.6 Å². The first kappa shape index (κ1) is 20.1. The van der Waals surface area contributed by atoms with E-state index in [1.165, 1.54) is 6.20 Å². The maximum Gasteiger partial charge on any atom is 0.288 e. The third-order valence-electron chi connectivity index (χ3n) is 5.19. The molecule has 2 bridgehead atoms. The number of hydrogen-bond acceptors (Lipinski definition) is 5. The summed E-state index contributed by atoms with van der Waals surface area (Å²) < 4.78 is 31.9. The van der Waals surface area contributed by atoms with Gasteiger partial charge in [-0.15, -0.1) is 0 Å². The summed E-state index contributed by atoms with van der Waals surface area (Å²) >= 11 is 11.8. The molecule has 0 saturated heterocycles. The van der Waals surface area contributed by atoms with E-state index in [9.17, 15) is 13.6 Å². The smallest absolute Gasteiger partial charge is 0.288 e. The molecule has 1 aromatic carbocycles. The van der Waals surface area contributed by atoms with Crippen molar-refractivity contribution in [1.29, 1.82) is 0 Å². The zero-order valence-corrected chi connectivity index (χ0v) is 16.9. The van der Waals surface area contributed by atoms with Gasteiger partial charge in [0.15, 0.2) is 6.61 Å². The molecule has 0 atom stereocenters. The number of nitrogens with one attached hydrogen (secondary N) is 2. The van der Waals surface area contributed by atoms with Crippen LogP contribution >= 0.6 is 23.2 Å². The van der Waals surface area contributed by atoms with Crippen LogP contribution in [0.25, 0.3) is 0 Å². The van der Waals surface area contributed by atoms with Gasteiger partial charge in [-0.2, -0.15) is 8.78 Å². The minimum absolute atomic E-state index is 0.127. The Morgan fingerprint density at radius 3 is 2.48 bits per heavy atom. The van der Waals surface area contributed by atoms with Gasteiger partial charge in [0.05, 0.1) is 22.4 Å². The Labute approximate surface area is 176 Å². The van der Waals surface area contributed by atoms with Crippen molar-refractivity contribution in [2.75, 3.05) is 11.9 Å². The van der Waals surface area contributed by atoms with Crippen molar-refractivity contribution in [2.45, 2.75) is 43.2 Å². The van der Waals surface area contributed by atoms with E-state index in [2.05, 4.69) is 20.6 Å². The molecule has 1 aromatic heterocycles. The molecule has 0 unspecified atom stereocenters. The van der Waals surface area contributed by atoms with E-state index in [-0.39, 0.29) is 29.3 Å². The standard InChI is InChI=1S/C19H18Cl2F2N4O2/c1-17(22,23)14-5-25-15(6-24-14)26-18-8-19(9-18,10-18)27-16(28)7-29-11-2-3-12(20)13(21)4-11/h2-6H,7-10H2,1H3,(H,25,26)(H,27,28). The Kier molecular flexibility index (Phi) is 4.82. The predicted octanol–water partition coefficient (Wildman–Crippen LogP) is 4.18. The fraction of sp³-hybridized carbons (Fsp3) is 0.421. The number of alkyl halides is 2. The molecule has 3 fully saturated rings. The van der Waals surface area contributed by atoms with Gasteiger partial charge in [-0.25, -0.2) is 9.97 Å². The normalized spacial score (nSPS) is 24.9. The van der Waals surface area contributed by atoms with Crippen LogP contribution in [0, 0.1) is 0 Å². The van der Waals surface area contributed by atoms with E-state index >= 15 is 0 Å². The number of rotatable bonds is 7. The highest BCUT2D eigenvalue weighted by molar-refractivity contribution is 6.42. The van der Waals surface area contributed by atoms with E-state index < -0.39 is 5.92 Å². The van der Waals surface area contributed by atoms with Crippen molar-refractivity contribution >= 4 is 34.9 Å². The van der Waals surface area contributed by atoms with Crippen LogP contribution in [0.1, 0.15) is 31.9 Å². The summed E-state index contributed by atoms with van der Waals surface area (Å²) in [7, 11) is 0. The van der Waals surface area contributed by atoms with Gasteiger partial charge in [0.1, 0.15) is 17.3 Å². The lowest BCUT2D eigenvalue weighted by Crippen LogP contribution is -2.81. The summed E-state index contributed by atoms with van der Waals surface area (Å²) in [6, 6.07) is 4.80. The average molecular weight is 443 g/mol. The molecule has 1 amide bonds. The lowest BCUT2D eigenvalue weighted by Gasteiger charge is -2.70. The molecule has 2 aromatic rings. The van der Waals surface area contributed by atoms with E-state index in [4.69, 9.17) is 27.9 Å². The number of nitrogens with zero attached hydrogens (tertiary/aromatic N) is 2. The van der Waals surface area contributed by atoms with Crippen molar-refractivity contribution in [3.8, 4) is 5.75 Å². The number of benzene rings is 1. The molecule has 0 radical (unpaired) electrons. The lowest BCUT2D eigenvalue weighted by molar-refractivity contribution is -0.135. The number of hydrogen-bond donors (Lipinski definition) is 2. The maximum atomic E-state index is 13.2. The van der Waals surface area contributed by atoms with E-state index in [1.54, 1.807) is 18.2 Å². The van der Waals surface area contributed by atoms with E-state index in [0.717, 1.165) is 32.4 Å². The van der Waals surface area contributed by atoms with Crippen LogP contribution in [-0.2, 0) is 10.7 Å². The number of anilines is 1. The van der Waals surface area contributed by atoms with Gasteiger partial charge in [-0.3, -0.25) is 4.79 Å². The van der Waals surface area contributed by atoms with Gasteiger partial charge in [0, 0.05) is 24.1 Å². The van der Waals surface area contributed by atoms with Crippen LogP contribution < -0.4 is 15.4 Å². The number of aromatic nitrogens is 2. The molecular weight excluding hydrogens is 425 g/mol. The van der Waals surface area contributed by atoms with Crippen LogP contribution in [0.4, 0.5) is 14.6 Å². The largest absolute Gasteiger partial charge is 0.484 e. The molecule has 6 nitrogen and oxygen atoms in total. The zero-order chi connectivity index (χ0) is 20.9. The molecule has 3 saturated carbocycles. The maximum absolute atomic E-state index is 13.2. The highest BCUT2D eigenvalue weighted by Gasteiger charge is 2.68. The lowest BCUT2D eigenvalue weighted by atomic mass is 9.44. The van der Waals surface area contributed by atoms with Crippen LogP contribution in [0.15, 0.2) is 30.6 Å². The predicted molar refractivity (Wildman–Crippen MR) is 105 cm³/mol. The van der Waals surface area contributed by atoms with Crippen molar-refractivity contribution in [3.05, 3.63) is 46.3 Å². The fourth-order valence-corrected chi connectivity index (χ4v) is 4.28. The van der Waals surface area contributed by atoms with Gasteiger partial charge >= 0.3 is 0 Å². The highest BCUT2D eigenvalue weighted by Crippen LogP contribution is 2.61. The molecule has 2 N–H and O–H groups in total. The van der Waals surface area contributed by atoms with Crippen molar-refractivity contribution in [1.82, 2.24) is 15.3 Å². The monoisotopic (exact) mass is 442 g/mol. The second kappa shape index (κ2) is 6.95. The van der Waals surface area contributed by atoms with Crippen molar-refractivity contribution in [3.63, 3.8) is 0 Å². The number of ether oxygens (including phenoxy) is 1. The Morgan fingerprint density at radius 2 is 1.90 bits per heavy atom. The van der Waals surface area contributed by atoms with Crippen molar-refractivity contribution < 1.29 is 18.3 Å². The summed E-state index contributed by atoms with van der Waals surface area (Å²) in [6.45, 7) is 0.654. The van der Waals surface area contributed by atoms with Gasteiger partial charge < -0.3 is 15.4 Å². The molecule has 3 aliphatic rings. The quantitative estimate of drug-likeness (QED) is 0.672. The minimum atomic E-state index is -3.02. The first-order valence-electron chi connectivity index (χ1n) is 8.96. The first-order valence-corrected chi connectivity index (χ1v) is 9.71. The number of carbonyl (C=O) groups is 1. The third-order valence-corrected chi connectivity index (χ3v) is 5.93. The van der Waals surface area contributed by atoms with Crippen molar-refractivity contribution in [2.24, 2.45) is 0 Å².